The maximum atomic E-state index is 5.93. The van der Waals surface area contributed by atoms with Gasteiger partial charge in [0.2, 0.25) is 11.7 Å². The summed E-state index contributed by atoms with van der Waals surface area (Å²) < 4.78 is 10.8. The number of nitrogens with two attached hydrogens (primary N) is 1. The van der Waals surface area contributed by atoms with Crippen molar-refractivity contribution in [2.45, 2.75) is 25.2 Å². The van der Waals surface area contributed by atoms with Crippen molar-refractivity contribution in [2.75, 3.05) is 19.8 Å². The van der Waals surface area contributed by atoms with Gasteiger partial charge in [0, 0.05) is 26.0 Å². The van der Waals surface area contributed by atoms with E-state index in [0.717, 1.165) is 12.8 Å². The van der Waals surface area contributed by atoms with E-state index in [1.54, 1.807) is 12.3 Å². The standard InChI is InChI=1S/C13H17N5O2/c1-9-15-5-2-10(16-9)11-17-12(20-18-11)13(8-14)3-6-19-7-4-13/h2,5H,3-4,6-8,14H2,1H3. The first kappa shape index (κ1) is 13.1. The Balaban J connectivity index is 1.93. The lowest BCUT2D eigenvalue weighted by Gasteiger charge is -2.32. The van der Waals surface area contributed by atoms with Gasteiger partial charge < -0.3 is 15.0 Å². The molecule has 0 unspecified atom stereocenters. The molecule has 0 atom stereocenters. The lowest BCUT2D eigenvalue weighted by atomic mass is 9.80. The van der Waals surface area contributed by atoms with E-state index in [1.807, 2.05) is 6.92 Å². The second kappa shape index (κ2) is 5.26. The molecule has 1 aliphatic heterocycles. The summed E-state index contributed by atoms with van der Waals surface area (Å²) in [6, 6.07) is 1.76. The van der Waals surface area contributed by atoms with Crippen molar-refractivity contribution in [2.24, 2.45) is 5.73 Å². The molecule has 1 aliphatic rings. The molecule has 0 radical (unpaired) electrons. The van der Waals surface area contributed by atoms with Gasteiger partial charge in [0.05, 0.1) is 5.41 Å². The molecular formula is C13H17N5O2. The Morgan fingerprint density at radius 1 is 1.30 bits per heavy atom. The van der Waals surface area contributed by atoms with Crippen LogP contribution in [0.5, 0.6) is 0 Å². The van der Waals surface area contributed by atoms with Gasteiger partial charge in [-0.2, -0.15) is 4.98 Å². The number of aromatic nitrogens is 4. The van der Waals surface area contributed by atoms with E-state index in [9.17, 15) is 0 Å². The van der Waals surface area contributed by atoms with E-state index in [4.69, 9.17) is 15.0 Å². The van der Waals surface area contributed by atoms with E-state index >= 15 is 0 Å². The van der Waals surface area contributed by atoms with Crippen molar-refractivity contribution in [3.05, 3.63) is 24.0 Å². The zero-order valence-corrected chi connectivity index (χ0v) is 11.4. The van der Waals surface area contributed by atoms with Crippen LogP contribution in [-0.4, -0.2) is 39.9 Å². The monoisotopic (exact) mass is 275 g/mol. The van der Waals surface area contributed by atoms with Crippen LogP contribution in [0.15, 0.2) is 16.8 Å². The van der Waals surface area contributed by atoms with E-state index in [1.165, 1.54) is 0 Å². The number of rotatable bonds is 3. The Morgan fingerprint density at radius 2 is 2.10 bits per heavy atom. The molecule has 106 valence electrons. The van der Waals surface area contributed by atoms with Crippen molar-refractivity contribution in [3.8, 4) is 11.5 Å². The summed E-state index contributed by atoms with van der Waals surface area (Å²) in [6.45, 7) is 3.63. The van der Waals surface area contributed by atoms with Crippen molar-refractivity contribution in [1.29, 1.82) is 0 Å². The summed E-state index contributed by atoms with van der Waals surface area (Å²) in [4.78, 5) is 12.8. The van der Waals surface area contributed by atoms with Gasteiger partial charge in [0.15, 0.2) is 0 Å². The lowest BCUT2D eigenvalue weighted by Crippen LogP contribution is -2.40. The summed E-state index contributed by atoms with van der Waals surface area (Å²) in [5.41, 5.74) is 6.32. The van der Waals surface area contributed by atoms with Gasteiger partial charge >= 0.3 is 0 Å². The van der Waals surface area contributed by atoms with Gasteiger partial charge in [-0.1, -0.05) is 5.16 Å². The molecule has 20 heavy (non-hydrogen) atoms. The largest absolute Gasteiger partial charge is 0.381 e. The molecule has 3 heterocycles. The fourth-order valence-corrected chi connectivity index (χ4v) is 2.39. The first-order valence-corrected chi connectivity index (χ1v) is 6.65. The Labute approximate surface area is 116 Å². The van der Waals surface area contributed by atoms with E-state index in [0.29, 0.717) is 43.0 Å². The molecule has 0 bridgehead atoms. The maximum Gasteiger partial charge on any atom is 0.234 e. The van der Waals surface area contributed by atoms with Crippen LogP contribution < -0.4 is 5.73 Å². The Kier molecular flexibility index (Phi) is 3.45. The molecule has 1 saturated heterocycles. The van der Waals surface area contributed by atoms with Crippen molar-refractivity contribution < 1.29 is 9.26 Å². The first-order chi connectivity index (χ1) is 9.73. The topological polar surface area (TPSA) is 100.0 Å². The third-order valence-corrected chi connectivity index (χ3v) is 3.73. The molecule has 0 aromatic carbocycles. The maximum absolute atomic E-state index is 5.93. The highest BCUT2D eigenvalue weighted by molar-refractivity contribution is 5.47. The quantitative estimate of drug-likeness (QED) is 0.885. The van der Waals surface area contributed by atoms with Crippen molar-refractivity contribution in [3.63, 3.8) is 0 Å². The van der Waals surface area contributed by atoms with E-state index < -0.39 is 0 Å². The summed E-state index contributed by atoms with van der Waals surface area (Å²) in [6.07, 6.45) is 3.28. The van der Waals surface area contributed by atoms with Crippen LogP contribution in [0, 0.1) is 6.92 Å². The van der Waals surface area contributed by atoms with Gasteiger partial charge in [0.1, 0.15) is 11.5 Å². The second-order valence-corrected chi connectivity index (χ2v) is 5.01. The average molecular weight is 275 g/mol. The van der Waals surface area contributed by atoms with Crippen molar-refractivity contribution >= 4 is 0 Å². The van der Waals surface area contributed by atoms with Crippen LogP contribution in [0.1, 0.15) is 24.6 Å². The van der Waals surface area contributed by atoms with Crippen LogP contribution in [0.3, 0.4) is 0 Å². The molecule has 2 N–H and O–H groups in total. The highest BCUT2D eigenvalue weighted by atomic mass is 16.5. The summed E-state index contributed by atoms with van der Waals surface area (Å²) in [5.74, 6) is 1.73. The second-order valence-electron chi connectivity index (χ2n) is 5.01. The summed E-state index contributed by atoms with van der Waals surface area (Å²) in [5, 5.41) is 4.02. The minimum absolute atomic E-state index is 0.272. The molecule has 2 aromatic heterocycles. The molecule has 1 fully saturated rings. The minimum Gasteiger partial charge on any atom is -0.381 e. The third kappa shape index (κ3) is 2.30. The molecule has 0 aliphatic carbocycles. The number of aryl methyl sites for hydroxylation is 1. The number of ether oxygens (including phenoxy) is 1. The third-order valence-electron chi connectivity index (χ3n) is 3.73. The molecule has 0 amide bonds. The molecule has 2 aromatic rings. The van der Waals surface area contributed by atoms with Gasteiger partial charge in [0.25, 0.3) is 0 Å². The SMILES string of the molecule is Cc1nccc(-c2noc(C3(CN)CCOCC3)n2)n1. The Hall–Kier alpha value is -1.86. The molecular weight excluding hydrogens is 258 g/mol. The predicted molar refractivity (Wildman–Crippen MR) is 70.8 cm³/mol. The van der Waals surface area contributed by atoms with Gasteiger partial charge in [-0.25, -0.2) is 9.97 Å². The van der Waals surface area contributed by atoms with Crippen LogP contribution >= 0.6 is 0 Å². The Bertz CT molecular complexity index is 592. The molecule has 0 saturated carbocycles. The van der Waals surface area contributed by atoms with Gasteiger partial charge in [-0.05, 0) is 25.8 Å². The van der Waals surface area contributed by atoms with Gasteiger partial charge in [-0.3, -0.25) is 0 Å². The van der Waals surface area contributed by atoms with E-state index in [-0.39, 0.29) is 5.41 Å². The zero-order valence-electron chi connectivity index (χ0n) is 11.4. The number of hydrogen-bond donors (Lipinski definition) is 1. The fourth-order valence-electron chi connectivity index (χ4n) is 2.39. The lowest BCUT2D eigenvalue weighted by molar-refractivity contribution is 0.0409. The first-order valence-electron chi connectivity index (χ1n) is 6.65. The smallest absolute Gasteiger partial charge is 0.234 e. The number of nitrogens with zero attached hydrogens (tertiary/aromatic N) is 4. The fraction of sp³-hybridized carbons (Fsp3) is 0.538. The minimum atomic E-state index is -0.272. The molecule has 7 nitrogen and oxygen atoms in total. The molecule has 7 heteroatoms. The molecule has 0 spiro atoms. The summed E-state index contributed by atoms with van der Waals surface area (Å²) >= 11 is 0. The van der Waals surface area contributed by atoms with Gasteiger partial charge in [-0.15, -0.1) is 0 Å². The van der Waals surface area contributed by atoms with Crippen LogP contribution in [0.4, 0.5) is 0 Å². The highest BCUT2D eigenvalue weighted by Gasteiger charge is 2.38. The summed E-state index contributed by atoms with van der Waals surface area (Å²) in [7, 11) is 0. The zero-order chi connectivity index (χ0) is 14.0. The average Bonchev–Trinajstić information content (AvgIpc) is 2.98. The molecule has 3 rings (SSSR count). The van der Waals surface area contributed by atoms with Crippen LogP contribution in [0.25, 0.3) is 11.5 Å². The predicted octanol–water partition coefficient (Wildman–Crippen LogP) is 0.842. The van der Waals surface area contributed by atoms with E-state index in [2.05, 4.69) is 20.1 Å². The normalized spacial score (nSPS) is 18.1. The van der Waals surface area contributed by atoms with Crippen molar-refractivity contribution in [1.82, 2.24) is 20.1 Å². The van der Waals surface area contributed by atoms with Crippen LogP contribution in [0.2, 0.25) is 0 Å². The highest BCUT2D eigenvalue weighted by Crippen LogP contribution is 2.33. The van der Waals surface area contributed by atoms with Crippen LogP contribution in [-0.2, 0) is 10.2 Å². The Morgan fingerprint density at radius 3 is 2.80 bits per heavy atom. The number of hydrogen-bond acceptors (Lipinski definition) is 7.